The predicted octanol–water partition coefficient (Wildman–Crippen LogP) is 3.28. The number of para-hydroxylation sites is 2. The van der Waals surface area contributed by atoms with Gasteiger partial charge in [-0.05, 0) is 49.9 Å². The Kier molecular flexibility index (Phi) is 5.90. The molecule has 0 saturated heterocycles. The third-order valence-electron chi connectivity index (χ3n) is 4.19. The van der Waals surface area contributed by atoms with Crippen molar-refractivity contribution in [3.05, 3.63) is 54.4 Å². The topological polar surface area (TPSA) is 48.3 Å². The van der Waals surface area contributed by atoms with E-state index in [2.05, 4.69) is 28.1 Å². The number of aryl methyl sites for hydroxylation is 1. The third kappa shape index (κ3) is 4.31. The maximum Gasteiger partial charge on any atom is 0.119 e. The fourth-order valence-electron chi connectivity index (χ4n) is 2.89. The van der Waals surface area contributed by atoms with Crippen molar-refractivity contribution in [2.45, 2.75) is 19.4 Å². The number of rotatable bonds is 9. The summed E-state index contributed by atoms with van der Waals surface area (Å²) in [6.07, 6.45) is 1.85. The molecular formula is C20H25N3O2. The van der Waals surface area contributed by atoms with Gasteiger partial charge in [0, 0.05) is 19.5 Å². The van der Waals surface area contributed by atoms with E-state index in [0.717, 1.165) is 48.8 Å². The minimum Gasteiger partial charge on any atom is -0.497 e. The number of hydrogen-bond acceptors (Lipinski definition) is 4. The van der Waals surface area contributed by atoms with Gasteiger partial charge in [0.15, 0.2) is 0 Å². The number of benzene rings is 2. The maximum absolute atomic E-state index is 5.84. The molecule has 1 N–H and O–H groups in total. The predicted molar refractivity (Wildman–Crippen MR) is 100 cm³/mol. The Morgan fingerprint density at radius 1 is 1.04 bits per heavy atom. The number of fused-ring (bicyclic) bond motifs is 1. The molecule has 0 atom stereocenters. The minimum atomic E-state index is 0.671. The highest BCUT2D eigenvalue weighted by Gasteiger charge is 2.09. The Morgan fingerprint density at radius 2 is 1.80 bits per heavy atom. The van der Waals surface area contributed by atoms with Crippen LogP contribution in [0.3, 0.4) is 0 Å². The van der Waals surface area contributed by atoms with Crippen LogP contribution < -0.4 is 14.8 Å². The molecule has 0 spiro atoms. The Morgan fingerprint density at radius 3 is 2.56 bits per heavy atom. The first kappa shape index (κ1) is 17.3. The number of hydrogen-bond donors (Lipinski definition) is 1. The van der Waals surface area contributed by atoms with Gasteiger partial charge in [-0.15, -0.1) is 0 Å². The molecule has 25 heavy (non-hydrogen) atoms. The summed E-state index contributed by atoms with van der Waals surface area (Å²) in [5.41, 5.74) is 2.25. The molecule has 0 saturated carbocycles. The molecule has 3 rings (SSSR count). The number of imidazole rings is 1. The van der Waals surface area contributed by atoms with Crippen LogP contribution in [0, 0.1) is 0 Å². The van der Waals surface area contributed by atoms with E-state index in [1.54, 1.807) is 7.11 Å². The molecule has 5 heteroatoms. The van der Waals surface area contributed by atoms with Crippen molar-refractivity contribution in [2.24, 2.45) is 0 Å². The molecule has 132 valence electrons. The van der Waals surface area contributed by atoms with E-state index in [1.165, 1.54) is 5.52 Å². The number of methoxy groups -OCH3 is 1. The van der Waals surface area contributed by atoms with Crippen LogP contribution in [0.2, 0.25) is 0 Å². The van der Waals surface area contributed by atoms with Gasteiger partial charge in [0.25, 0.3) is 0 Å². The largest absolute Gasteiger partial charge is 0.497 e. The SMILES string of the molecule is CNCCc1nc2ccccc2n1CCCOc1ccc(OC)cc1. The highest BCUT2D eigenvalue weighted by atomic mass is 16.5. The Labute approximate surface area is 148 Å². The van der Waals surface area contributed by atoms with E-state index in [-0.39, 0.29) is 0 Å². The highest BCUT2D eigenvalue weighted by molar-refractivity contribution is 5.75. The molecule has 0 fully saturated rings. The smallest absolute Gasteiger partial charge is 0.119 e. The van der Waals surface area contributed by atoms with Gasteiger partial charge in [-0.25, -0.2) is 4.98 Å². The van der Waals surface area contributed by atoms with Gasteiger partial charge in [-0.1, -0.05) is 12.1 Å². The van der Waals surface area contributed by atoms with Crippen LogP contribution in [0.5, 0.6) is 11.5 Å². The summed E-state index contributed by atoms with van der Waals surface area (Å²) >= 11 is 0. The standard InChI is InChI=1S/C20H25N3O2/c1-21-13-12-20-22-18-6-3-4-7-19(18)23(20)14-5-15-25-17-10-8-16(24-2)9-11-17/h3-4,6-11,21H,5,12-15H2,1-2H3. The lowest BCUT2D eigenvalue weighted by Crippen LogP contribution is -2.15. The van der Waals surface area contributed by atoms with Gasteiger partial charge < -0.3 is 19.4 Å². The first-order valence-electron chi connectivity index (χ1n) is 8.67. The fourth-order valence-corrected chi connectivity index (χ4v) is 2.89. The first-order valence-corrected chi connectivity index (χ1v) is 8.67. The quantitative estimate of drug-likeness (QED) is 0.608. The fraction of sp³-hybridized carbons (Fsp3) is 0.350. The van der Waals surface area contributed by atoms with Crippen LogP contribution in [0.25, 0.3) is 11.0 Å². The summed E-state index contributed by atoms with van der Waals surface area (Å²) in [4.78, 5) is 4.77. The molecule has 0 aliphatic heterocycles. The molecular weight excluding hydrogens is 314 g/mol. The molecule has 1 aromatic heterocycles. The van der Waals surface area contributed by atoms with Crippen molar-refractivity contribution < 1.29 is 9.47 Å². The summed E-state index contributed by atoms with van der Waals surface area (Å²) in [5.74, 6) is 2.83. The van der Waals surface area contributed by atoms with Crippen LogP contribution in [0.4, 0.5) is 0 Å². The average Bonchev–Trinajstić information content (AvgIpc) is 3.01. The number of aromatic nitrogens is 2. The minimum absolute atomic E-state index is 0.671. The summed E-state index contributed by atoms with van der Waals surface area (Å²) in [6.45, 7) is 2.49. The van der Waals surface area contributed by atoms with Crippen molar-refractivity contribution in [1.29, 1.82) is 0 Å². The second-order valence-corrected chi connectivity index (χ2v) is 5.90. The zero-order valence-electron chi connectivity index (χ0n) is 14.9. The van der Waals surface area contributed by atoms with Crippen LogP contribution in [0.15, 0.2) is 48.5 Å². The maximum atomic E-state index is 5.84. The third-order valence-corrected chi connectivity index (χ3v) is 4.19. The molecule has 0 unspecified atom stereocenters. The lowest BCUT2D eigenvalue weighted by molar-refractivity contribution is 0.301. The summed E-state index contributed by atoms with van der Waals surface area (Å²) in [5, 5.41) is 3.20. The molecule has 3 aromatic rings. The van der Waals surface area contributed by atoms with Crippen molar-refractivity contribution in [2.75, 3.05) is 27.3 Å². The first-order chi connectivity index (χ1) is 12.3. The number of nitrogens with one attached hydrogen (secondary N) is 1. The van der Waals surface area contributed by atoms with E-state index in [1.807, 2.05) is 37.4 Å². The molecule has 1 heterocycles. The second kappa shape index (κ2) is 8.53. The van der Waals surface area contributed by atoms with Gasteiger partial charge in [-0.2, -0.15) is 0 Å². The summed E-state index contributed by atoms with van der Waals surface area (Å²) in [6, 6.07) is 16.0. The lowest BCUT2D eigenvalue weighted by Gasteiger charge is -2.11. The van der Waals surface area contributed by atoms with E-state index in [4.69, 9.17) is 14.5 Å². The van der Waals surface area contributed by atoms with Crippen LogP contribution in [0.1, 0.15) is 12.2 Å². The van der Waals surface area contributed by atoms with Crippen molar-refractivity contribution in [1.82, 2.24) is 14.9 Å². The van der Waals surface area contributed by atoms with E-state index < -0.39 is 0 Å². The van der Waals surface area contributed by atoms with Gasteiger partial charge >= 0.3 is 0 Å². The van der Waals surface area contributed by atoms with Crippen LogP contribution in [-0.4, -0.2) is 36.9 Å². The molecule has 2 aromatic carbocycles. The van der Waals surface area contributed by atoms with Gasteiger partial charge in [-0.3, -0.25) is 0 Å². The zero-order chi connectivity index (χ0) is 17.5. The van der Waals surface area contributed by atoms with Gasteiger partial charge in [0.1, 0.15) is 17.3 Å². The molecule has 0 radical (unpaired) electrons. The van der Waals surface area contributed by atoms with E-state index in [0.29, 0.717) is 6.61 Å². The van der Waals surface area contributed by atoms with E-state index >= 15 is 0 Å². The van der Waals surface area contributed by atoms with Crippen molar-refractivity contribution in [3.63, 3.8) is 0 Å². The second-order valence-electron chi connectivity index (χ2n) is 5.90. The van der Waals surface area contributed by atoms with Crippen molar-refractivity contribution >= 4 is 11.0 Å². The van der Waals surface area contributed by atoms with Crippen LogP contribution in [-0.2, 0) is 13.0 Å². The molecule has 0 amide bonds. The molecule has 5 nitrogen and oxygen atoms in total. The Bertz CT molecular complexity index is 796. The number of nitrogens with zero attached hydrogens (tertiary/aromatic N) is 2. The Balaban J connectivity index is 1.61. The highest BCUT2D eigenvalue weighted by Crippen LogP contribution is 2.19. The lowest BCUT2D eigenvalue weighted by atomic mass is 10.3. The van der Waals surface area contributed by atoms with E-state index in [9.17, 15) is 0 Å². The van der Waals surface area contributed by atoms with Crippen LogP contribution >= 0.6 is 0 Å². The Hall–Kier alpha value is -2.53. The zero-order valence-corrected chi connectivity index (χ0v) is 14.9. The number of ether oxygens (including phenoxy) is 2. The van der Waals surface area contributed by atoms with Gasteiger partial charge in [0.2, 0.25) is 0 Å². The molecule has 0 aliphatic carbocycles. The van der Waals surface area contributed by atoms with Gasteiger partial charge in [0.05, 0.1) is 24.8 Å². The average molecular weight is 339 g/mol. The summed E-state index contributed by atoms with van der Waals surface area (Å²) < 4.78 is 13.3. The monoisotopic (exact) mass is 339 g/mol. The number of likely N-dealkylation sites (N-methyl/N-ethyl adjacent to an activating group) is 1. The normalized spacial score (nSPS) is 11.0. The molecule has 0 aliphatic rings. The van der Waals surface area contributed by atoms with Crippen molar-refractivity contribution in [3.8, 4) is 11.5 Å². The molecule has 0 bridgehead atoms. The summed E-state index contributed by atoms with van der Waals surface area (Å²) in [7, 11) is 3.63.